The number of hydrogen-bond acceptors (Lipinski definition) is 8. The minimum atomic E-state index is -5.08. The summed E-state index contributed by atoms with van der Waals surface area (Å²) in [5.41, 5.74) is 1.56. The number of aromatic nitrogens is 3. The van der Waals surface area contributed by atoms with E-state index in [2.05, 4.69) is 25.2 Å². The van der Waals surface area contributed by atoms with E-state index in [0.717, 1.165) is 32.5 Å². The van der Waals surface area contributed by atoms with Gasteiger partial charge in [0.05, 0.1) is 18.3 Å². The van der Waals surface area contributed by atoms with Crippen LogP contribution in [0.25, 0.3) is 0 Å². The molecule has 2 aliphatic heterocycles. The van der Waals surface area contributed by atoms with Gasteiger partial charge in [-0.15, -0.1) is 0 Å². The van der Waals surface area contributed by atoms with Crippen molar-refractivity contribution in [1.29, 1.82) is 0 Å². The third-order valence-electron chi connectivity index (χ3n) is 5.36. The number of pyridine rings is 1. The Morgan fingerprint density at radius 1 is 0.974 bits per heavy atom. The van der Waals surface area contributed by atoms with Crippen molar-refractivity contribution in [2.75, 3.05) is 13.2 Å². The first-order chi connectivity index (χ1) is 18.2. The molecule has 214 valence electrons. The highest BCUT2D eigenvalue weighted by Crippen LogP contribution is 2.30. The van der Waals surface area contributed by atoms with Crippen LogP contribution < -0.4 is 5.32 Å². The van der Waals surface area contributed by atoms with Gasteiger partial charge in [-0.25, -0.2) is 14.6 Å². The fourth-order valence-corrected chi connectivity index (χ4v) is 3.74. The lowest BCUT2D eigenvalue weighted by atomic mass is 10.0. The summed E-state index contributed by atoms with van der Waals surface area (Å²) < 4.78 is 69.5. The summed E-state index contributed by atoms with van der Waals surface area (Å²) >= 11 is 0. The van der Waals surface area contributed by atoms with E-state index in [1.165, 1.54) is 18.0 Å². The Kier molecular flexibility index (Phi) is 11.1. The van der Waals surface area contributed by atoms with E-state index in [-0.39, 0.29) is 18.1 Å². The maximum absolute atomic E-state index is 12.4. The first-order valence-corrected chi connectivity index (χ1v) is 11.1. The number of rotatable bonds is 4. The van der Waals surface area contributed by atoms with Gasteiger partial charge in [0, 0.05) is 50.5 Å². The van der Waals surface area contributed by atoms with Gasteiger partial charge in [0.15, 0.2) is 0 Å². The Morgan fingerprint density at radius 3 is 2.08 bits per heavy atom. The number of carbonyl (C=O) groups excluding carboxylic acids is 1. The average Bonchev–Trinajstić information content (AvgIpc) is 3.21. The van der Waals surface area contributed by atoms with Crippen molar-refractivity contribution < 1.29 is 55.7 Å². The predicted octanol–water partition coefficient (Wildman–Crippen LogP) is 2.30. The highest BCUT2D eigenvalue weighted by molar-refractivity contribution is 5.92. The molecule has 4 rings (SSSR count). The highest BCUT2D eigenvalue weighted by Gasteiger charge is 2.44. The molecular formula is C22H23F6N5O6. The first-order valence-electron chi connectivity index (χ1n) is 11.1. The summed E-state index contributed by atoms with van der Waals surface area (Å²) in [7, 11) is 0. The van der Waals surface area contributed by atoms with Crippen LogP contribution in [-0.4, -0.2) is 91.6 Å². The molecular weight excluding hydrogens is 544 g/mol. The molecule has 1 amide bonds. The number of nitrogens with one attached hydrogen (secondary N) is 1. The highest BCUT2D eigenvalue weighted by atomic mass is 19.4. The summed E-state index contributed by atoms with van der Waals surface area (Å²) in [6, 6.07) is 4.35. The number of carboxylic acids is 2. The quantitative estimate of drug-likeness (QED) is 0.469. The Morgan fingerprint density at radius 2 is 1.56 bits per heavy atom. The Hall–Kier alpha value is -3.86. The van der Waals surface area contributed by atoms with E-state index in [9.17, 15) is 31.1 Å². The molecule has 0 radical (unpaired) electrons. The normalized spacial score (nSPS) is 20.8. The molecule has 39 heavy (non-hydrogen) atoms. The number of alkyl halides is 6. The average molecular weight is 567 g/mol. The molecule has 3 atom stereocenters. The van der Waals surface area contributed by atoms with Gasteiger partial charge in [0.2, 0.25) is 0 Å². The van der Waals surface area contributed by atoms with Crippen molar-refractivity contribution >= 4 is 17.8 Å². The molecule has 3 N–H and O–H groups in total. The van der Waals surface area contributed by atoms with Crippen molar-refractivity contribution in [2.24, 2.45) is 0 Å². The Bertz CT molecular complexity index is 1070. The molecule has 11 nitrogen and oxygen atoms in total. The molecule has 0 spiro atoms. The molecule has 0 unspecified atom stereocenters. The largest absolute Gasteiger partial charge is 0.490 e. The van der Waals surface area contributed by atoms with Crippen LogP contribution in [0.3, 0.4) is 0 Å². The minimum Gasteiger partial charge on any atom is -0.475 e. The summed E-state index contributed by atoms with van der Waals surface area (Å²) in [5.74, 6) is -5.71. The molecule has 0 aliphatic carbocycles. The monoisotopic (exact) mass is 567 g/mol. The second-order valence-corrected chi connectivity index (χ2v) is 8.11. The maximum atomic E-state index is 12.4. The van der Waals surface area contributed by atoms with Crippen molar-refractivity contribution in [3.63, 3.8) is 0 Å². The van der Waals surface area contributed by atoms with Crippen molar-refractivity contribution in [3.05, 3.63) is 54.4 Å². The lowest BCUT2D eigenvalue weighted by Crippen LogP contribution is -2.47. The van der Waals surface area contributed by atoms with Crippen LogP contribution in [0.4, 0.5) is 26.3 Å². The van der Waals surface area contributed by atoms with Gasteiger partial charge in [-0.2, -0.15) is 26.3 Å². The molecule has 2 saturated heterocycles. The second kappa shape index (κ2) is 13.8. The molecule has 2 fully saturated rings. The number of halogens is 6. The molecule has 2 aromatic heterocycles. The van der Waals surface area contributed by atoms with E-state index >= 15 is 0 Å². The standard InChI is InChI=1S/C18H21N5O2.2C2HF3O2/c24-18(14-10-20-7-8-21-14)22-15-12-23(11-13-3-5-19-6-4-13)16-2-1-9-25-17(15)16;2*3-2(4,5)1(6)7/h3-8,10,15-17H,1-2,9,11-12H2,(H,22,24);2*(H,6,7)/t15-,16-,17-;;/m0../s1. The number of ether oxygens (including phenoxy) is 1. The molecule has 4 heterocycles. The molecule has 2 aromatic rings. The van der Waals surface area contributed by atoms with Gasteiger partial charge in [-0.3, -0.25) is 19.7 Å². The second-order valence-electron chi connectivity index (χ2n) is 8.11. The lowest BCUT2D eigenvalue weighted by molar-refractivity contribution is -0.193. The van der Waals surface area contributed by atoms with Gasteiger partial charge in [-0.1, -0.05) is 0 Å². The van der Waals surface area contributed by atoms with Gasteiger partial charge in [0.25, 0.3) is 5.91 Å². The van der Waals surface area contributed by atoms with Crippen LogP contribution >= 0.6 is 0 Å². The maximum Gasteiger partial charge on any atom is 0.490 e. The van der Waals surface area contributed by atoms with E-state index in [0.29, 0.717) is 11.7 Å². The molecule has 17 heteroatoms. The van der Waals surface area contributed by atoms with E-state index in [4.69, 9.17) is 24.5 Å². The van der Waals surface area contributed by atoms with Crippen LogP contribution in [0, 0.1) is 0 Å². The van der Waals surface area contributed by atoms with Gasteiger partial charge in [-0.05, 0) is 30.5 Å². The van der Waals surface area contributed by atoms with E-state index in [1.54, 1.807) is 6.20 Å². The Labute approximate surface area is 216 Å². The number of carbonyl (C=O) groups is 3. The summed E-state index contributed by atoms with van der Waals surface area (Å²) in [4.78, 5) is 44.8. The van der Waals surface area contributed by atoms with Crippen molar-refractivity contribution in [3.8, 4) is 0 Å². The van der Waals surface area contributed by atoms with Crippen LogP contribution in [0.15, 0.2) is 43.1 Å². The molecule has 0 saturated carbocycles. The van der Waals surface area contributed by atoms with Crippen LogP contribution in [0.1, 0.15) is 28.9 Å². The SMILES string of the molecule is O=C(N[C@H]1CN(Cc2ccncc2)[C@H]2CCCO[C@@H]12)c1cnccn1.O=C(O)C(F)(F)F.O=C(O)C(F)(F)F. The third kappa shape index (κ3) is 10.1. The zero-order valence-corrected chi connectivity index (χ0v) is 19.9. The number of hydrogen-bond donors (Lipinski definition) is 3. The fourth-order valence-electron chi connectivity index (χ4n) is 3.74. The zero-order valence-electron chi connectivity index (χ0n) is 19.9. The minimum absolute atomic E-state index is 0.0243. The van der Waals surface area contributed by atoms with Gasteiger partial charge in [0.1, 0.15) is 5.69 Å². The number of nitrogens with zero attached hydrogens (tertiary/aromatic N) is 4. The number of aliphatic carboxylic acids is 2. The van der Waals surface area contributed by atoms with E-state index in [1.807, 2.05) is 24.5 Å². The third-order valence-corrected chi connectivity index (χ3v) is 5.36. The van der Waals surface area contributed by atoms with Crippen molar-refractivity contribution in [1.82, 2.24) is 25.2 Å². The molecule has 0 aromatic carbocycles. The topological polar surface area (TPSA) is 155 Å². The number of carboxylic acid groups (broad SMARTS) is 2. The first kappa shape index (κ1) is 31.4. The summed E-state index contributed by atoms with van der Waals surface area (Å²) in [6.07, 6.45) is 0.199. The van der Waals surface area contributed by atoms with Crippen LogP contribution in [0.2, 0.25) is 0 Å². The Balaban J connectivity index is 0.000000317. The zero-order chi connectivity index (χ0) is 29.2. The molecule has 2 aliphatic rings. The number of amides is 1. The van der Waals surface area contributed by atoms with Gasteiger partial charge < -0.3 is 20.3 Å². The smallest absolute Gasteiger partial charge is 0.475 e. The lowest BCUT2D eigenvalue weighted by Gasteiger charge is -2.32. The molecule has 0 bridgehead atoms. The van der Waals surface area contributed by atoms with Crippen molar-refractivity contribution in [2.45, 2.75) is 49.9 Å². The van der Waals surface area contributed by atoms with Crippen LogP contribution in [-0.2, 0) is 20.9 Å². The number of fused-ring (bicyclic) bond motifs is 1. The number of likely N-dealkylation sites (tertiary alicyclic amines) is 1. The van der Waals surface area contributed by atoms with E-state index < -0.39 is 24.3 Å². The van der Waals surface area contributed by atoms with Crippen LogP contribution in [0.5, 0.6) is 0 Å². The predicted molar refractivity (Wildman–Crippen MR) is 118 cm³/mol. The fraction of sp³-hybridized carbons (Fsp3) is 0.455. The van der Waals surface area contributed by atoms with Gasteiger partial charge >= 0.3 is 24.3 Å². The summed E-state index contributed by atoms with van der Waals surface area (Å²) in [5, 5.41) is 17.3. The summed E-state index contributed by atoms with van der Waals surface area (Å²) in [6.45, 7) is 2.36.